The van der Waals surface area contributed by atoms with Gasteiger partial charge in [0, 0.05) is 68.1 Å². The van der Waals surface area contributed by atoms with Crippen LogP contribution in [0.2, 0.25) is 0 Å². The molecule has 0 saturated carbocycles. The van der Waals surface area contributed by atoms with Crippen LogP contribution in [-0.4, -0.2) is 52.6 Å². The van der Waals surface area contributed by atoms with E-state index in [9.17, 15) is 9.18 Å². The Kier molecular flexibility index (Phi) is 5.72. The molecule has 5 rings (SSSR count). The largest absolute Gasteiger partial charge is 0.368 e. The maximum atomic E-state index is 14.5. The summed E-state index contributed by atoms with van der Waals surface area (Å²) in [6.45, 7) is 7.28. The lowest BCUT2D eigenvalue weighted by Crippen LogP contribution is -2.49. The molecule has 1 atom stereocenters. The lowest BCUT2D eigenvalue weighted by Gasteiger charge is -2.34. The van der Waals surface area contributed by atoms with Crippen molar-refractivity contribution in [1.29, 1.82) is 0 Å². The van der Waals surface area contributed by atoms with E-state index in [1.54, 1.807) is 27.9 Å². The van der Waals surface area contributed by atoms with Crippen molar-refractivity contribution in [2.45, 2.75) is 26.3 Å². The molecule has 1 saturated heterocycles. The topological polar surface area (TPSA) is 77.8 Å². The van der Waals surface area contributed by atoms with Gasteiger partial charge < -0.3 is 19.9 Å². The minimum atomic E-state index is -0.516. The molecule has 10 heteroatoms. The summed E-state index contributed by atoms with van der Waals surface area (Å²) in [6, 6.07) is 3.37. The average Bonchev–Trinajstić information content (AvgIpc) is 3.30. The van der Waals surface area contributed by atoms with Crippen LogP contribution >= 0.6 is 12.4 Å². The first-order valence-electron chi connectivity index (χ1n) is 10.2. The molecule has 8 nitrogen and oxygen atoms in total. The van der Waals surface area contributed by atoms with Gasteiger partial charge in [-0.2, -0.15) is 0 Å². The molecule has 1 fully saturated rings. The van der Waals surface area contributed by atoms with Crippen LogP contribution in [0.15, 0.2) is 30.7 Å². The van der Waals surface area contributed by atoms with Crippen LogP contribution in [0.1, 0.15) is 18.2 Å². The summed E-state index contributed by atoms with van der Waals surface area (Å²) in [5, 5.41) is 6.15. The van der Waals surface area contributed by atoms with E-state index in [2.05, 4.69) is 32.4 Å². The highest BCUT2D eigenvalue weighted by Crippen LogP contribution is 2.34. The summed E-state index contributed by atoms with van der Waals surface area (Å²) in [5.41, 5.74) is 3.61. The molecule has 0 unspecified atom stereocenters. The maximum Gasteiger partial charge on any atom is 0.327 e. The van der Waals surface area contributed by atoms with Gasteiger partial charge in [-0.1, -0.05) is 0 Å². The number of urea groups is 1. The van der Waals surface area contributed by atoms with Crippen molar-refractivity contribution in [3.8, 4) is 0 Å². The second-order valence-corrected chi connectivity index (χ2v) is 7.95. The first-order valence-corrected chi connectivity index (χ1v) is 10.2. The number of aryl methyl sites for hydroxylation is 1. The number of fused-ring (bicyclic) bond motifs is 2. The van der Waals surface area contributed by atoms with Crippen molar-refractivity contribution >= 4 is 41.3 Å². The lowest BCUT2D eigenvalue weighted by molar-refractivity contribution is 0.257. The number of nitrogens with one attached hydrogen (secondary N) is 2. The van der Waals surface area contributed by atoms with Crippen LogP contribution in [0.25, 0.3) is 5.65 Å². The number of aromatic nitrogens is 3. The van der Waals surface area contributed by atoms with Crippen molar-refractivity contribution < 1.29 is 9.18 Å². The fourth-order valence-corrected chi connectivity index (χ4v) is 4.33. The van der Waals surface area contributed by atoms with Crippen molar-refractivity contribution in [2.75, 3.05) is 41.3 Å². The molecule has 31 heavy (non-hydrogen) atoms. The number of anilines is 3. The molecule has 0 aliphatic carbocycles. The number of pyridine rings is 2. The van der Waals surface area contributed by atoms with Gasteiger partial charge in [-0.25, -0.2) is 19.2 Å². The normalized spacial score (nSPS) is 18.1. The molecule has 164 valence electrons. The standard InChI is InChI=1S/C21H24FN7O.ClH/c1-13-10-27(8-6-23-13)18-3-5-24-20-15(18)4-7-29(20)21(30)26-17-12-28-11-14(2)25-19(28)9-16(17)22;/h3,5,9,11-13,23H,4,6-8,10H2,1-2H3,(H,26,30);1H/t13-;/m1./s1. The van der Waals surface area contributed by atoms with Crippen LogP contribution in [0.4, 0.5) is 26.4 Å². The zero-order chi connectivity index (χ0) is 20.8. The molecule has 3 aromatic heterocycles. The van der Waals surface area contributed by atoms with Gasteiger partial charge >= 0.3 is 6.03 Å². The average molecular weight is 446 g/mol. The number of piperazine rings is 1. The second-order valence-electron chi connectivity index (χ2n) is 7.95. The Labute approximate surface area is 185 Å². The summed E-state index contributed by atoms with van der Waals surface area (Å²) in [5.74, 6) is 0.133. The molecule has 3 aromatic rings. The van der Waals surface area contributed by atoms with Crippen LogP contribution in [0.3, 0.4) is 0 Å². The van der Waals surface area contributed by atoms with Gasteiger partial charge in [0.2, 0.25) is 0 Å². The molecular weight excluding hydrogens is 421 g/mol. The molecule has 2 aliphatic rings. The number of amides is 2. The molecule has 0 bridgehead atoms. The van der Waals surface area contributed by atoms with Gasteiger partial charge in [-0.05, 0) is 26.3 Å². The first-order chi connectivity index (χ1) is 14.5. The van der Waals surface area contributed by atoms with Gasteiger partial charge in [-0.15, -0.1) is 12.4 Å². The zero-order valence-electron chi connectivity index (χ0n) is 17.4. The lowest BCUT2D eigenvalue weighted by atomic mass is 10.1. The Morgan fingerprint density at radius 2 is 2.16 bits per heavy atom. The molecule has 0 spiro atoms. The number of halogens is 2. The third-order valence-corrected chi connectivity index (χ3v) is 5.71. The van der Waals surface area contributed by atoms with Crippen LogP contribution in [-0.2, 0) is 6.42 Å². The summed E-state index contributed by atoms with van der Waals surface area (Å²) < 4.78 is 16.2. The van der Waals surface area contributed by atoms with E-state index in [1.807, 2.05) is 13.0 Å². The first kappa shape index (κ1) is 21.3. The van der Waals surface area contributed by atoms with E-state index < -0.39 is 5.82 Å². The summed E-state index contributed by atoms with van der Waals surface area (Å²) in [6.07, 6.45) is 5.81. The molecule has 2 amide bonds. The second kappa shape index (κ2) is 8.32. The zero-order valence-corrected chi connectivity index (χ0v) is 18.2. The molecule has 2 N–H and O–H groups in total. The Hall–Kier alpha value is -2.91. The highest BCUT2D eigenvalue weighted by molar-refractivity contribution is 6.03. The van der Waals surface area contributed by atoms with E-state index in [0.717, 1.165) is 43.0 Å². The predicted molar refractivity (Wildman–Crippen MR) is 121 cm³/mol. The van der Waals surface area contributed by atoms with Crippen LogP contribution in [0.5, 0.6) is 0 Å². The van der Waals surface area contributed by atoms with Gasteiger partial charge in [-0.3, -0.25) is 4.90 Å². The van der Waals surface area contributed by atoms with E-state index in [4.69, 9.17) is 0 Å². The third kappa shape index (κ3) is 3.90. The number of hydrogen-bond acceptors (Lipinski definition) is 5. The predicted octanol–water partition coefficient (Wildman–Crippen LogP) is 2.99. The minimum Gasteiger partial charge on any atom is -0.368 e. The van der Waals surface area contributed by atoms with Crippen LogP contribution < -0.4 is 20.4 Å². The number of carbonyl (C=O) groups is 1. The highest BCUT2D eigenvalue weighted by Gasteiger charge is 2.31. The number of carbonyl (C=O) groups excluding carboxylic acids is 1. The quantitative estimate of drug-likeness (QED) is 0.634. The molecule has 0 aromatic carbocycles. The minimum absolute atomic E-state index is 0. The molecular formula is C21H25ClFN7O. The van der Waals surface area contributed by atoms with Crippen molar-refractivity contribution in [2.24, 2.45) is 0 Å². The number of imidazole rings is 1. The Balaban J connectivity index is 0.00000231. The van der Waals surface area contributed by atoms with Gasteiger partial charge in [0.1, 0.15) is 11.5 Å². The number of rotatable bonds is 2. The fraction of sp³-hybridized carbons (Fsp3) is 0.381. The Morgan fingerprint density at radius 1 is 1.32 bits per heavy atom. The highest BCUT2D eigenvalue weighted by atomic mass is 35.5. The van der Waals surface area contributed by atoms with Crippen molar-refractivity contribution in [3.63, 3.8) is 0 Å². The van der Waals surface area contributed by atoms with Gasteiger partial charge in [0.25, 0.3) is 0 Å². The van der Waals surface area contributed by atoms with Crippen molar-refractivity contribution in [1.82, 2.24) is 19.7 Å². The Bertz CT molecular complexity index is 1130. The summed E-state index contributed by atoms with van der Waals surface area (Å²) in [4.78, 5) is 25.6. The summed E-state index contributed by atoms with van der Waals surface area (Å²) >= 11 is 0. The molecule has 0 radical (unpaired) electrons. The smallest absolute Gasteiger partial charge is 0.327 e. The van der Waals surface area contributed by atoms with E-state index >= 15 is 0 Å². The van der Waals surface area contributed by atoms with E-state index in [0.29, 0.717) is 24.1 Å². The van der Waals surface area contributed by atoms with Gasteiger partial charge in [0.05, 0.1) is 11.4 Å². The third-order valence-electron chi connectivity index (χ3n) is 5.71. The Morgan fingerprint density at radius 3 is 2.97 bits per heavy atom. The van der Waals surface area contributed by atoms with Crippen molar-refractivity contribution in [3.05, 3.63) is 47.8 Å². The summed E-state index contributed by atoms with van der Waals surface area (Å²) in [7, 11) is 0. The molecule has 5 heterocycles. The monoisotopic (exact) mass is 445 g/mol. The van der Waals surface area contributed by atoms with Crippen LogP contribution in [0, 0.1) is 12.7 Å². The molecule has 2 aliphatic heterocycles. The van der Waals surface area contributed by atoms with Gasteiger partial charge in [0.15, 0.2) is 5.82 Å². The number of nitrogens with zero attached hydrogens (tertiary/aromatic N) is 5. The van der Waals surface area contributed by atoms with E-state index in [-0.39, 0.29) is 24.1 Å². The SMILES string of the molecule is Cc1cn2cc(NC(=O)N3CCc4c(N5CCN[C@H](C)C5)ccnc43)c(F)cc2n1.Cl. The maximum absolute atomic E-state index is 14.5. The fourth-order valence-electron chi connectivity index (χ4n) is 4.33. The van der Waals surface area contributed by atoms with E-state index in [1.165, 1.54) is 6.07 Å². The number of hydrogen-bond donors (Lipinski definition) is 2.